The maximum Gasteiger partial charge on any atom is 0.255 e. The summed E-state index contributed by atoms with van der Waals surface area (Å²) in [5.41, 5.74) is 4.15. The second-order valence-corrected chi connectivity index (χ2v) is 6.95. The van der Waals surface area contributed by atoms with Gasteiger partial charge in [-0.25, -0.2) is 0 Å². The van der Waals surface area contributed by atoms with E-state index in [2.05, 4.69) is 10.6 Å². The Labute approximate surface area is 171 Å². The highest BCUT2D eigenvalue weighted by atomic mass is 16.5. The number of hydrogen-bond donors (Lipinski definition) is 2. The highest BCUT2D eigenvalue weighted by molar-refractivity contribution is 5.99. The molecule has 2 rings (SSSR count). The average molecular weight is 397 g/mol. The zero-order chi connectivity index (χ0) is 21.6. The number of amides is 3. The second kappa shape index (κ2) is 9.73. The first-order chi connectivity index (χ1) is 13.7. The van der Waals surface area contributed by atoms with Crippen molar-refractivity contribution in [1.82, 2.24) is 10.2 Å². The zero-order valence-corrected chi connectivity index (χ0v) is 17.5. The number of hydrogen-bond acceptors (Lipinski definition) is 4. The van der Waals surface area contributed by atoms with E-state index in [4.69, 9.17) is 4.74 Å². The summed E-state index contributed by atoms with van der Waals surface area (Å²) >= 11 is 0. The van der Waals surface area contributed by atoms with E-state index in [-0.39, 0.29) is 24.9 Å². The molecule has 0 saturated heterocycles. The van der Waals surface area contributed by atoms with Crippen molar-refractivity contribution >= 4 is 23.4 Å². The van der Waals surface area contributed by atoms with E-state index >= 15 is 0 Å². The molecule has 0 atom stereocenters. The number of nitrogens with one attached hydrogen (secondary N) is 2. The van der Waals surface area contributed by atoms with Crippen LogP contribution in [0.15, 0.2) is 36.4 Å². The smallest absolute Gasteiger partial charge is 0.255 e. The summed E-state index contributed by atoms with van der Waals surface area (Å²) in [4.78, 5) is 38.2. The highest BCUT2D eigenvalue weighted by Crippen LogP contribution is 2.21. The summed E-state index contributed by atoms with van der Waals surface area (Å²) in [6.45, 7) is 5.52. The van der Waals surface area contributed by atoms with Gasteiger partial charge in [0.25, 0.3) is 5.91 Å². The molecule has 7 nitrogen and oxygen atoms in total. The Morgan fingerprint density at radius 2 is 1.66 bits per heavy atom. The van der Waals surface area contributed by atoms with Crippen LogP contribution in [0.1, 0.15) is 27.0 Å². The molecule has 29 heavy (non-hydrogen) atoms. The van der Waals surface area contributed by atoms with Gasteiger partial charge in [0.15, 0.2) is 0 Å². The SMILES string of the molecule is COc1ccccc1C(=O)NCC(=O)N(C)CC(=O)Nc1c(C)cc(C)cc1C. The minimum Gasteiger partial charge on any atom is -0.496 e. The fourth-order valence-corrected chi connectivity index (χ4v) is 3.08. The third-order valence-corrected chi connectivity index (χ3v) is 4.50. The molecule has 0 aliphatic heterocycles. The quantitative estimate of drug-likeness (QED) is 0.751. The van der Waals surface area contributed by atoms with Crippen molar-refractivity contribution < 1.29 is 19.1 Å². The Morgan fingerprint density at radius 1 is 1.03 bits per heavy atom. The lowest BCUT2D eigenvalue weighted by Gasteiger charge is -2.19. The van der Waals surface area contributed by atoms with E-state index in [1.54, 1.807) is 24.3 Å². The largest absolute Gasteiger partial charge is 0.496 e. The number of rotatable bonds is 7. The molecule has 0 radical (unpaired) electrons. The first-order valence-corrected chi connectivity index (χ1v) is 9.25. The lowest BCUT2D eigenvalue weighted by atomic mass is 10.1. The highest BCUT2D eigenvalue weighted by Gasteiger charge is 2.17. The van der Waals surface area contributed by atoms with Gasteiger partial charge in [0, 0.05) is 12.7 Å². The first-order valence-electron chi connectivity index (χ1n) is 9.25. The molecule has 0 unspecified atom stereocenters. The van der Waals surface area contributed by atoms with Gasteiger partial charge in [0.05, 0.1) is 25.8 Å². The number of ether oxygens (including phenoxy) is 1. The average Bonchev–Trinajstić information content (AvgIpc) is 2.68. The van der Waals surface area contributed by atoms with Crippen molar-refractivity contribution in [3.8, 4) is 5.75 Å². The molecule has 2 aromatic rings. The molecule has 7 heteroatoms. The van der Waals surface area contributed by atoms with E-state index in [0.717, 1.165) is 22.4 Å². The van der Waals surface area contributed by atoms with Crippen molar-refractivity contribution in [3.63, 3.8) is 0 Å². The van der Waals surface area contributed by atoms with E-state index in [0.29, 0.717) is 11.3 Å². The number of carbonyl (C=O) groups excluding carboxylic acids is 3. The van der Waals surface area contributed by atoms with Gasteiger partial charge in [0.2, 0.25) is 11.8 Å². The molecule has 0 aliphatic rings. The van der Waals surface area contributed by atoms with Gasteiger partial charge in [-0.05, 0) is 44.0 Å². The van der Waals surface area contributed by atoms with Crippen LogP contribution < -0.4 is 15.4 Å². The Hall–Kier alpha value is -3.35. The molecule has 0 aromatic heterocycles. The lowest BCUT2D eigenvalue weighted by Crippen LogP contribution is -2.41. The molecule has 0 aliphatic carbocycles. The molecule has 154 valence electrons. The lowest BCUT2D eigenvalue weighted by molar-refractivity contribution is -0.132. The molecule has 2 N–H and O–H groups in total. The van der Waals surface area contributed by atoms with E-state index in [1.165, 1.54) is 19.1 Å². The fourth-order valence-electron chi connectivity index (χ4n) is 3.08. The van der Waals surface area contributed by atoms with Gasteiger partial charge in [0.1, 0.15) is 5.75 Å². The number of benzene rings is 2. The van der Waals surface area contributed by atoms with Crippen LogP contribution in [0.3, 0.4) is 0 Å². The summed E-state index contributed by atoms with van der Waals surface area (Å²) in [5.74, 6) is -0.665. The van der Waals surface area contributed by atoms with Gasteiger partial charge in [-0.2, -0.15) is 0 Å². The summed E-state index contributed by atoms with van der Waals surface area (Å²) < 4.78 is 5.15. The number of nitrogens with zero attached hydrogens (tertiary/aromatic N) is 1. The Bertz CT molecular complexity index is 901. The summed E-state index contributed by atoms with van der Waals surface area (Å²) in [6, 6.07) is 10.7. The molecule has 0 heterocycles. The summed E-state index contributed by atoms with van der Waals surface area (Å²) in [5, 5.41) is 5.42. The summed E-state index contributed by atoms with van der Waals surface area (Å²) in [6.07, 6.45) is 0. The predicted molar refractivity (Wildman–Crippen MR) is 112 cm³/mol. The van der Waals surface area contributed by atoms with Crippen molar-refractivity contribution in [2.75, 3.05) is 32.6 Å². The van der Waals surface area contributed by atoms with E-state index < -0.39 is 5.91 Å². The predicted octanol–water partition coefficient (Wildman–Crippen LogP) is 2.45. The van der Waals surface area contributed by atoms with Crippen LogP contribution in [0.2, 0.25) is 0 Å². The molecule has 0 fully saturated rings. The van der Waals surface area contributed by atoms with Crippen molar-refractivity contribution in [2.24, 2.45) is 0 Å². The van der Waals surface area contributed by atoms with Crippen molar-refractivity contribution in [2.45, 2.75) is 20.8 Å². The Kier molecular flexibility index (Phi) is 7.36. The molecule has 2 aromatic carbocycles. The minimum atomic E-state index is -0.417. The van der Waals surface area contributed by atoms with Crippen LogP contribution in [0, 0.1) is 20.8 Å². The standard InChI is InChI=1S/C22H27N3O4/c1-14-10-15(2)21(16(3)11-14)24-19(26)13-25(4)20(27)12-23-22(28)17-8-6-7-9-18(17)29-5/h6-11H,12-13H2,1-5H3,(H,23,28)(H,24,26). The van der Waals surface area contributed by atoms with Crippen LogP contribution in [0.5, 0.6) is 5.75 Å². The van der Waals surface area contributed by atoms with Gasteiger partial charge >= 0.3 is 0 Å². The van der Waals surface area contributed by atoms with Crippen LogP contribution in [0.4, 0.5) is 5.69 Å². The molecular weight excluding hydrogens is 370 g/mol. The van der Waals surface area contributed by atoms with Gasteiger partial charge in [-0.1, -0.05) is 29.8 Å². The second-order valence-electron chi connectivity index (χ2n) is 6.95. The van der Waals surface area contributed by atoms with Gasteiger partial charge in [-0.3, -0.25) is 14.4 Å². The minimum absolute atomic E-state index is 0.115. The zero-order valence-electron chi connectivity index (χ0n) is 17.5. The number of aryl methyl sites for hydroxylation is 3. The van der Waals surface area contributed by atoms with Crippen LogP contribution in [-0.4, -0.2) is 49.9 Å². The number of methoxy groups -OCH3 is 1. The van der Waals surface area contributed by atoms with Crippen LogP contribution in [-0.2, 0) is 9.59 Å². The fraction of sp³-hybridized carbons (Fsp3) is 0.318. The normalized spacial score (nSPS) is 10.2. The van der Waals surface area contributed by atoms with Gasteiger partial charge < -0.3 is 20.3 Å². The number of para-hydroxylation sites is 1. The third kappa shape index (κ3) is 5.81. The molecule has 0 bridgehead atoms. The van der Waals surface area contributed by atoms with Crippen molar-refractivity contribution in [3.05, 3.63) is 58.7 Å². The number of anilines is 1. The Balaban J connectivity index is 1.90. The van der Waals surface area contributed by atoms with Gasteiger partial charge in [-0.15, -0.1) is 0 Å². The monoisotopic (exact) mass is 397 g/mol. The van der Waals surface area contributed by atoms with Crippen LogP contribution >= 0.6 is 0 Å². The molecule has 3 amide bonds. The molecule has 0 spiro atoms. The topological polar surface area (TPSA) is 87.7 Å². The van der Waals surface area contributed by atoms with Crippen LogP contribution in [0.25, 0.3) is 0 Å². The third-order valence-electron chi connectivity index (χ3n) is 4.50. The van der Waals surface area contributed by atoms with Crippen molar-refractivity contribution in [1.29, 1.82) is 0 Å². The maximum atomic E-state index is 12.4. The Morgan fingerprint density at radius 3 is 2.28 bits per heavy atom. The van der Waals surface area contributed by atoms with E-state index in [1.807, 2.05) is 32.9 Å². The molecular formula is C22H27N3O4. The van der Waals surface area contributed by atoms with E-state index in [9.17, 15) is 14.4 Å². The maximum absolute atomic E-state index is 12.4. The number of carbonyl (C=O) groups is 3. The number of likely N-dealkylation sites (N-methyl/N-ethyl adjacent to an activating group) is 1. The summed E-state index contributed by atoms with van der Waals surface area (Å²) in [7, 11) is 2.99. The first kappa shape index (κ1) is 21.9. The molecule has 0 saturated carbocycles.